The van der Waals surface area contributed by atoms with E-state index >= 15 is 0 Å². The zero-order valence-electron chi connectivity index (χ0n) is 26.9. The third-order valence-electron chi connectivity index (χ3n) is 8.23. The van der Waals surface area contributed by atoms with Gasteiger partial charge in [0.2, 0.25) is 5.91 Å². The van der Waals surface area contributed by atoms with Crippen LogP contribution in [0.15, 0.2) is 47.3 Å². The number of carboxylic acid groups (broad SMARTS) is 1. The highest BCUT2D eigenvalue weighted by molar-refractivity contribution is 5.88. The Morgan fingerprint density at radius 1 is 0.959 bits per heavy atom. The molecule has 17 heteroatoms. The number of carbonyl (C=O) groups excluding carboxylic acids is 1. The van der Waals surface area contributed by atoms with Gasteiger partial charge in [0, 0.05) is 44.2 Å². The summed E-state index contributed by atoms with van der Waals surface area (Å²) < 4.78 is 120. The SMILES string of the molecule is Cc1cccc(Cc2c(C(F)(F)F)c3cc(N(C)C)ccc3n(C)c2=O)c1.O=C(O)CNC(=O)C1(C(F)(F)F)CCN(CC(F)(F)F)CC1. The van der Waals surface area contributed by atoms with Crippen LogP contribution in [0, 0.1) is 12.3 Å². The maximum absolute atomic E-state index is 14.0. The average Bonchev–Trinajstić information content (AvgIpc) is 2.97. The van der Waals surface area contributed by atoms with Crippen molar-refractivity contribution in [2.45, 2.75) is 44.7 Å². The Balaban J connectivity index is 0.000000272. The van der Waals surface area contributed by atoms with Crippen LogP contribution in [0.2, 0.25) is 0 Å². The van der Waals surface area contributed by atoms with Gasteiger partial charge >= 0.3 is 24.5 Å². The van der Waals surface area contributed by atoms with Crippen LogP contribution in [0.1, 0.15) is 35.1 Å². The summed E-state index contributed by atoms with van der Waals surface area (Å²) in [5, 5.41) is 10.1. The topological polar surface area (TPSA) is 94.9 Å². The number of carboxylic acids is 1. The average molecular weight is 711 g/mol. The van der Waals surface area contributed by atoms with Crippen molar-refractivity contribution in [1.82, 2.24) is 14.8 Å². The van der Waals surface area contributed by atoms with Crippen molar-refractivity contribution < 1.29 is 54.2 Å². The second-order valence-corrected chi connectivity index (χ2v) is 12.0. The maximum atomic E-state index is 14.0. The highest BCUT2D eigenvalue weighted by Gasteiger charge is 2.61. The van der Waals surface area contributed by atoms with Gasteiger partial charge in [0.15, 0.2) is 0 Å². The van der Waals surface area contributed by atoms with Gasteiger partial charge in [-0.3, -0.25) is 19.3 Å². The van der Waals surface area contributed by atoms with E-state index in [1.54, 1.807) is 54.6 Å². The minimum Gasteiger partial charge on any atom is -0.480 e. The number of aliphatic carboxylic acids is 1. The molecule has 0 aliphatic carbocycles. The molecule has 1 aliphatic heterocycles. The van der Waals surface area contributed by atoms with Gasteiger partial charge in [0.25, 0.3) is 5.56 Å². The second kappa shape index (κ2) is 14.7. The number of nitrogens with zero attached hydrogens (tertiary/aromatic N) is 3. The monoisotopic (exact) mass is 710 g/mol. The van der Waals surface area contributed by atoms with E-state index < -0.39 is 86.0 Å². The lowest BCUT2D eigenvalue weighted by atomic mass is 9.76. The lowest BCUT2D eigenvalue weighted by molar-refractivity contribution is -0.236. The van der Waals surface area contributed by atoms with E-state index in [9.17, 15) is 53.9 Å². The van der Waals surface area contributed by atoms with Gasteiger partial charge in [0.05, 0.1) is 17.6 Å². The molecule has 0 saturated carbocycles. The molecular weight excluding hydrogens is 675 g/mol. The molecule has 1 fully saturated rings. The van der Waals surface area contributed by atoms with E-state index in [4.69, 9.17) is 5.11 Å². The van der Waals surface area contributed by atoms with E-state index in [-0.39, 0.29) is 22.9 Å². The van der Waals surface area contributed by atoms with Gasteiger partial charge in [-0.2, -0.15) is 39.5 Å². The number of piperidine rings is 1. The molecule has 0 bridgehead atoms. The molecular formula is C32H35F9N4O4. The number of anilines is 1. The summed E-state index contributed by atoms with van der Waals surface area (Å²) in [6, 6.07) is 12.0. The van der Waals surface area contributed by atoms with Crippen LogP contribution in [0.5, 0.6) is 0 Å². The summed E-state index contributed by atoms with van der Waals surface area (Å²) in [5.41, 5.74) is -2.00. The first-order valence-corrected chi connectivity index (χ1v) is 14.8. The number of likely N-dealkylation sites (tertiary alicyclic amines) is 1. The van der Waals surface area contributed by atoms with Gasteiger partial charge < -0.3 is 19.9 Å². The lowest BCUT2D eigenvalue weighted by Crippen LogP contribution is -2.57. The number of aryl methyl sites for hydroxylation is 2. The number of alkyl halides is 9. The Morgan fingerprint density at radius 2 is 1.57 bits per heavy atom. The minimum absolute atomic E-state index is 0.0402. The quantitative estimate of drug-likeness (QED) is 0.296. The molecule has 4 rings (SSSR count). The predicted molar refractivity (Wildman–Crippen MR) is 163 cm³/mol. The Bertz CT molecular complexity index is 1720. The summed E-state index contributed by atoms with van der Waals surface area (Å²) >= 11 is 0. The first kappa shape index (κ1) is 39.2. The molecule has 1 saturated heterocycles. The van der Waals surface area contributed by atoms with Gasteiger partial charge in [-0.15, -0.1) is 0 Å². The fraction of sp³-hybridized carbons (Fsp3) is 0.469. The van der Waals surface area contributed by atoms with Crippen molar-refractivity contribution >= 4 is 28.5 Å². The highest BCUT2D eigenvalue weighted by atomic mass is 19.4. The number of nitrogens with one attached hydrogen (secondary N) is 1. The Labute approximate surface area is 275 Å². The lowest BCUT2D eigenvalue weighted by Gasteiger charge is -2.41. The number of aromatic nitrogens is 1. The normalized spacial score (nSPS) is 15.4. The van der Waals surface area contributed by atoms with E-state index in [1.165, 1.54) is 17.7 Å². The molecule has 8 nitrogen and oxygen atoms in total. The third-order valence-corrected chi connectivity index (χ3v) is 8.23. The zero-order chi connectivity index (χ0) is 37.1. The van der Waals surface area contributed by atoms with Gasteiger partial charge in [-0.25, -0.2) is 0 Å². The number of hydrogen-bond acceptors (Lipinski definition) is 5. The smallest absolute Gasteiger partial charge is 0.417 e. The Hall–Kier alpha value is -4.28. The zero-order valence-corrected chi connectivity index (χ0v) is 26.9. The van der Waals surface area contributed by atoms with Crippen LogP contribution in [0.4, 0.5) is 45.2 Å². The summed E-state index contributed by atoms with van der Waals surface area (Å²) in [7, 11) is 5.05. The van der Waals surface area contributed by atoms with Crippen molar-refractivity contribution in [3.8, 4) is 0 Å². The maximum Gasteiger partial charge on any atom is 0.417 e. The highest BCUT2D eigenvalue weighted by Crippen LogP contribution is 2.47. The molecule has 1 aromatic heterocycles. The molecule has 2 heterocycles. The number of amides is 1. The van der Waals surface area contributed by atoms with Gasteiger partial charge in [-0.05, 0) is 56.6 Å². The number of rotatable bonds is 7. The molecule has 2 N–H and O–H groups in total. The van der Waals surface area contributed by atoms with E-state index in [1.807, 2.05) is 13.0 Å². The van der Waals surface area contributed by atoms with E-state index in [0.717, 1.165) is 10.5 Å². The fourth-order valence-corrected chi connectivity index (χ4v) is 5.70. The van der Waals surface area contributed by atoms with Crippen LogP contribution in [0.3, 0.4) is 0 Å². The van der Waals surface area contributed by atoms with Crippen LogP contribution in [-0.2, 0) is 29.2 Å². The van der Waals surface area contributed by atoms with Crippen molar-refractivity contribution in [3.05, 3.63) is 75.1 Å². The number of fused-ring (bicyclic) bond motifs is 1. The molecule has 0 spiro atoms. The number of halogens is 9. The van der Waals surface area contributed by atoms with Crippen LogP contribution in [-0.4, -0.2) is 79.1 Å². The molecule has 0 atom stereocenters. The molecule has 0 radical (unpaired) electrons. The van der Waals surface area contributed by atoms with Crippen molar-refractivity contribution in [2.75, 3.05) is 45.2 Å². The molecule has 0 unspecified atom stereocenters. The minimum atomic E-state index is -4.97. The molecule has 1 amide bonds. The van der Waals surface area contributed by atoms with Gasteiger partial charge in [0.1, 0.15) is 12.0 Å². The van der Waals surface area contributed by atoms with Gasteiger partial charge in [-0.1, -0.05) is 29.8 Å². The van der Waals surface area contributed by atoms with Crippen molar-refractivity contribution in [2.24, 2.45) is 12.5 Å². The molecule has 49 heavy (non-hydrogen) atoms. The van der Waals surface area contributed by atoms with E-state index in [0.29, 0.717) is 11.3 Å². The summed E-state index contributed by atoms with van der Waals surface area (Å²) in [6.45, 7) is -1.57. The first-order valence-electron chi connectivity index (χ1n) is 14.8. The Morgan fingerprint density at radius 3 is 2.06 bits per heavy atom. The third kappa shape index (κ3) is 9.45. The van der Waals surface area contributed by atoms with Crippen molar-refractivity contribution in [3.63, 3.8) is 0 Å². The Kier molecular flexibility index (Phi) is 11.7. The van der Waals surface area contributed by atoms with Crippen molar-refractivity contribution in [1.29, 1.82) is 0 Å². The number of pyridine rings is 1. The standard InChI is InChI=1S/C21H21F3N2O.C11H14F6N2O3/c1-13-6-5-7-14(10-13)11-17-19(21(22,23)24)16-12-15(25(2)3)8-9-18(16)26(4)20(17)27;12-10(13,14)6-19-3-1-9(2-4-19,11(15,16)17)8(22)18-5-7(20)21/h5-10,12H,11H2,1-4H3;1-6H2,(H,18,22)(H,20,21). The number of benzene rings is 2. The number of hydrogen-bond donors (Lipinski definition) is 2. The summed E-state index contributed by atoms with van der Waals surface area (Å²) in [6.07, 6.45) is -15.9. The summed E-state index contributed by atoms with van der Waals surface area (Å²) in [4.78, 5) is 37.4. The summed E-state index contributed by atoms with van der Waals surface area (Å²) in [5.74, 6) is -3.03. The van der Waals surface area contributed by atoms with E-state index in [2.05, 4.69) is 0 Å². The van der Waals surface area contributed by atoms with Crippen LogP contribution < -0.4 is 15.8 Å². The number of carbonyl (C=O) groups is 2. The largest absolute Gasteiger partial charge is 0.480 e. The van der Waals surface area contributed by atoms with Crippen LogP contribution in [0.25, 0.3) is 10.9 Å². The second-order valence-electron chi connectivity index (χ2n) is 12.0. The molecule has 270 valence electrons. The van der Waals surface area contributed by atoms with Crippen LogP contribution >= 0.6 is 0 Å². The molecule has 3 aromatic rings. The molecule has 2 aromatic carbocycles. The first-order chi connectivity index (χ1) is 22.5. The molecule has 1 aliphatic rings. The predicted octanol–water partition coefficient (Wildman–Crippen LogP) is 5.92. The fourth-order valence-electron chi connectivity index (χ4n) is 5.70.